The quantitative estimate of drug-likeness (QED) is 0.811. The highest BCUT2D eigenvalue weighted by molar-refractivity contribution is 5.82. The number of ether oxygens (including phenoxy) is 1. The Hall–Kier alpha value is -1.88. The van der Waals surface area contributed by atoms with Crippen LogP contribution < -0.4 is 5.32 Å². The first-order chi connectivity index (χ1) is 10.2. The van der Waals surface area contributed by atoms with Gasteiger partial charge in [0.1, 0.15) is 5.60 Å². The van der Waals surface area contributed by atoms with Gasteiger partial charge < -0.3 is 9.64 Å². The fourth-order valence-corrected chi connectivity index (χ4v) is 1.99. The van der Waals surface area contributed by atoms with Crippen molar-refractivity contribution in [1.29, 1.82) is 0 Å². The Morgan fingerprint density at radius 2 is 1.77 bits per heavy atom. The topological polar surface area (TPSA) is 58.6 Å². The number of hydrogen-bond donors (Lipinski definition) is 1. The van der Waals surface area contributed by atoms with Crippen molar-refractivity contribution in [3.63, 3.8) is 0 Å². The zero-order chi connectivity index (χ0) is 16.8. The molecule has 5 nitrogen and oxygen atoms in total. The zero-order valence-corrected chi connectivity index (χ0v) is 14.1. The van der Waals surface area contributed by atoms with Gasteiger partial charge in [0.15, 0.2) is 0 Å². The Morgan fingerprint density at radius 1 is 1.18 bits per heavy atom. The summed E-state index contributed by atoms with van der Waals surface area (Å²) in [5.41, 5.74) is 0.513. The average Bonchev–Trinajstić information content (AvgIpc) is 2.41. The van der Waals surface area contributed by atoms with Crippen molar-refractivity contribution in [2.75, 3.05) is 20.6 Å². The van der Waals surface area contributed by atoms with E-state index in [1.54, 1.807) is 14.1 Å². The van der Waals surface area contributed by atoms with Crippen LogP contribution in [-0.2, 0) is 20.7 Å². The number of nitrogens with one attached hydrogen (secondary N) is 1. The maximum atomic E-state index is 12.3. The first kappa shape index (κ1) is 18.2. The monoisotopic (exact) mass is 306 g/mol. The summed E-state index contributed by atoms with van der Waals surface area (Å²) in [5.74, 6) is -0.426. The van der Waals surface area contributed by atoms with E-state index in [1.165, 1.54) is 4.90 Å². The lowest BCUT2D eigenvalue weighted by Gasteiger charge is -2.23. The van der Waals surface area contributed by atoms with Crippen LogP contribution in [0.1, 0.15) is 26.3 Å². The van der Waals surface area contributed by atoms with Gasteiger partial charge in [0.25, 0.3) is 0 Å². The van der Waals surface area contributed by atoms with Crippen LogP contribution in [0.25, 0.3) is 0 Å². The van der Waals surface area contributed by atoms with Crippen molar-refractivity contribution in [3.05, 3.63) is 35.9 Å². The van der Waals surface area contributed by atoms with Gasteiger partial charge in [-0.15, -0.1) is 0 Å². The molecule has 22 heavy (non-hydrogen) atoms. The Morgan fingerprint density at radius 3 is 2.27 bits per heavy atom. The maximum absolute atomic E-state index is 12.3. The minimum atomic E-state index is -0.529. The molecule has 0 unspecified atom stereocenters. The number of hydrogen-bond acceptors (Lipinski definition) is 4. The number of amides is 1. The molecule has 0 fully saturated rings. The molecule has 0 aliphatic rings. The molecule has 0 bridgehead atoms. The van der Waals surface area contributed by atoms with Gasteiger partial charge in [-0.25, -0.2) is 0 Å². The minimum Gasteiger partial charge on any atom is -0.459 e. The van der Waals surface area contributed by atoms with Crippen molar-refractivity contribution in [3.8, 4) is 0 Å². The van der Waals surface area contributed by atoms with Crippen molar-refractivity contribution in [2.45, 2.75) is 38.8 Å². The predicted octanol–water partition coefficient (Wildman–Crippen LogP) is 1.62. The molecule has 1 aromatic carbocycles. The normalized spacial score (nSPS) is 12.6. The van der Waals surface area contributed by atoms with Crippen molar-refractivity contribution in [2.24, 2.45) is 0 Å². The molecule has 0 aliphatic heterocycles. The summed E-state index contributed by atoms with van der Waals surface area (Å²) < 4.78 is 5.25. The van der Waals surface area contributed by atoms with Crippen LogP contribution in [0.15, 0.2) is 30.3 Å². The van der Waals surface area contributed by atoms with Crippen molar-refractivity contribution >= 4 is 11.9 Å². The third-order valence-electron chi connectivity index (χ3n) is 2.93. The van der Waals surface area contributed by atoms with E-state index in [-0.39, 0.29) is 18.4 Å². The number of rotatable bonds is 6. The molecule has 122 valence electrons. The molecule has 0 aliphatic carbocycles. The van der Waals surface area contributed by atoms with Crippen LogP contribution in [0.3, 0.4) is 0 Å². The second-order valence-electron chi connectivity index (χ2n) is 6.44. The van der Waals surface area contributed by atoms with E-state index < -0.39 is 11.6 Å². The average molecular weight is 306 g/mol. The molecule has 1 rings (SSSR count). The second kappa shape index (κ2) is 7.94. The number of nitrogens with zero attached hydrogens (tertiary/aromatic N) is 1. The minimum absolute atomic E-state index is 0.00828. The van der Waals surface area contributed by atoms with E-state index in [4.69, 9.17) is 4.74 Å². The molecule has 0 aromatic heterocycles. The molecule has 1 atom stereocenters. The highest BCUT2D eigenvalue weighted by Crippen LogP contribution is 2.08. The van der Waals surface area contributed by atoms with Crippen LogP contribution in [0.4, 0.5) is 0 Å². The summed E-state index contributed by atoms with van der Waals surface area (Å²) in [4.78, 5) is 25.6. The van der Waals surface area contributed by atoms with E-state index in [1.807, 2.05) is 51.1 Å². The van der Waals surface area contributed by atoms with Crippen LogP contribution in [-0.4, -0.2) is 49.1 Å². The van der Waals surface area contributed by atoms with Gasteiger partial charge in [-0.3, -0.25) is 14.9 Å². The molecule has 0 heterocycles. The number of carbonyl (C=O) groups excluding carboxylic acids is 2. The zero-order valence-electron chi connectivity index (χ0n) is 14.1. The third-order valence-corrected chi connectivity index (χ3v) is 2.93. The van der Waals surface area contributed by atoms with Crippen molar-refractivity contribution in [1.82, 2.24) is 10.2 Å². The Kier molecular flexibility index (Phi) is 6.56. The Balaban J connectivity index is 2.67. The van der Waals surface area contributed by atoms with Gasteiger partial charge >= 0.3 is 5.97 Å². The summed E-state index contributed by atoms with van der Waals surface area (Å²) in [6.07, 6.45) is 0.528. The van der Waals surface area contributed by atoms with Crippen LogP contribution in [0.5, 0.6) is 0 Å². The molecule has 0 saturated carbocycles. The smallest absolute Gasteiger partial charge is 0.320 e. The van der Waals surface area contributed by atoms with Gasteiger partial charge in [-0.2, -0.15) is 0 Å². The van der Waals surface area contributed by atoms with Gasteiger partial charge in [-0.1, -0.05) is 30.3 Å². The van der Waals surface area contributed by atoms with Gasteiger partial charge in [-0.05, 0) is 32.8 Å². The first-order valence-electron chi connectivity index (χ1n) is 7.39. The van der Waals surface area contributed by atoms with Gasteiger partial charge in [0.2, 0.25) is 5.91 Å². The summed E-state index contributed by atoms with van der Waals surface area (Å²) in [6.45, 7) is 5.46. The number of benzene rings is 1. The van der Waals surface area contributed by atoms with Crippen molar-refractivity contribution < 1.29 is 14.3 Å². The molecule has 1 amide bonds. The highest BCUT2D eigenvalue weighted by Gasteiger charge is 2.23. The summed E-state index contributed by atoms with van der Waals surface area (Å²) in [6, 6.07) is 9.27. The predicted molar refractivity (Wildman–Crippen MR) is 86.5 cm³/mol. The first-order valence-corrected chi connectivity index (χ1v) is 7.39. The van der Waals surface area contributed by atoms with Crippen LogP contribution >= 0.6 is 0 Å². The second-order valence-corrected chi connectivity index (χ2v) is 6.44. The van der Waals surface area contributed by atoms with Crippen LogP contribution in [0, 0.1) is 0 Å². The molecule has 1 N–H and O–H groups in total. The number of likely N-dealkylation sites (N-methyl/N-ethyl adjacent to an activating group) is 1. The SMILES string of the molecule is CN(C)C(=O)[C@@H](Cc1ccccc1)NCC(=O)OC(C)(C)C. The molecule has 1 aromatic rings. The van der Waals surface area contributed by atoms with E-state index in [9.17, 15) is 9.59 Å². The standard InChI is InChI=1S/C17H26N2O3/c1-17(2,3)22-15(20)12-18-14(16(21)19(4)5)11-13-9-7-6-8-10-13/h6-10,14,18H,11-12H2,1-5H3/t14-/m1/s1. The van der Waals surface area contributed by atoms with Gasteiger partial charge in [0, 0.05) is 14.1 Å². The van der Waals surface area contributed by atoms with E-state index in [2.05, 4.69) is 5.32 Å². The maximum Gasteiger partial charge on any atom is 0.320 e. The molecular weight excluding hydrogens is 280 g/mol. The Labute approximate surface area is 132 Å². The largest absolute Gasteiger partial charge is 0.459 e. The number of esters is 1. The lowest BCUT2D eigenvalue weighted by molar-refractivity contribution is -0.153. The highest BCUT2D eigenvalue weighted by atomic mass is 16.6. The number of carbonyl (C=O) groups is 2. The summed E-state index contributed by atoms with van der Waals surface area (Å²) in [5, 5.41) is 3.01. The summed E-state index contributed by atoms with van der Waals surface area (Å²) in [7, 11) is 3.41. The lowest BCUT2D eigenvalue weighted by Crippen LogP contribution is -2.47. The van der Waals surface area contributed by atoms with E-state index >= 15 is 0 Å². The Bertz CT molecular complexity index is 492. The van der Waals surface area contributed by atoms with Gasteiger partial charge in [0.05, 0.1) is 12.6 Å². The molecule has 0 spiro atoms. The fourth-order valence-electron chi connectivity index (χ4n) is 1.99. The van der Waals surface area contributed by atoms with E-state index in [0.717, 1.165) is 5.56 Å². The third kappa shape index (κ3) is 6.72. The molecule has 5 heteroatoms. The van der Waals surface area contributed by atoms with Crippen LogP contribution in [0.2, 0.25) is 0 Å². The molecular formula is C17H26N2O3. The van der Waals surface area contributed by atoms with E-state index in [0.29, 0.717) is 6.42 Å². The molecule has 0 saturated heterocycles. The molecule has 0 radical (unpaired) electrons. The summed E-state index contributed by atoms with van der Waals surface area (Å²) >= 11 is 0. The lowest BCUT2D eigenvalue weighted by atomic mass is 10.0. The fraction of sp³-hybridized carbons (Fsp3) is 0.529.